The van der Waals surface area contributed by atoms with Gasteiger partial charge in [0, 0.05) is 38.8 Å². The molecule has 0 unspecified atom stereocenters. The maximum atomic E-state index is 12.9. The zero-order chi connectivity index (χ0) is 20.8. The Labute approximate surface area is 177 Å². The highest BCUT2D eigenvalue weighted by Crippen LogP contribution is 2.36. The van der Waals surface area contributed by atoms with Crippen LogP contribution in [0.1, 0.15) is 12.5 Å². The number of carbonyl (C=O) groups excluding carboxylic acids is 1. The number of rotatable bonds is 7. The van der Waals surface area contributed by atoms with Crippen LogP contribution in [-0.4, -0.2) is 62.1 Å². The van der Waals surface area contributed by atoms with Crippen molar-refractivity contribution < 1.29 is 14.3 Å². The molecule has 3 rings (SSSR count). The number of hydrogen-bond acceptors (Lipinski definition) is 5. The van der Waals surface area contributed by atoms with E-state index < -0.39 is 6.04 Å². The van der Waals surface area contributed by atoms with Gasteiger partial charge in [0.05, 0.1) is 24.9 Å². The van der Waals surface area contributed by atoms with Crippen molar-refractivity contribution in [2.75, 3.05) is 45.7 Å². The number of ether oxygens (including phenoxy) is 2. The number of carbonyl (C=O) groups is 1. The molecule has 1 atom stereocenters. The second-order valence-electron chi connectivity index (χ2n) is 7.14. The Hall–Kier alpha value is -2.44. The summed E-state index contributed by atoms with van der Waals surface area (Å²) in [6.45, 7) is 5.95. The first-order chi connectivity index (χ1) is 14.0. The predicted molar refractivity (Wildman–Crippen MR) is 116 cm³/mol. The Morgan fingerprint density at radius 3 is 2.34 bits per heavy atom. The summed E-state index contributed by atoms with van der Waals surface area (Å²) in [7, 11) is 3.13. The summed E-state index contributed by atoms with van der Waals surface area (Å²) < 4.78 is 10.6. The summed E-state index contributed by atoms with van der Waals surface area (Å²) in [4.78, 5) is 17.2. The molecule has 1 saturated heterocycles. The number of amides is 1. The fourth-order valence-electron chi connectivity index (χ4n) is 3.51. The van der Waals surface area contributed by atoms with E-state index in [2.05, 4.69) is 34.5 Å². The zero-order valence-corrected chi connectivity index (χ0v) is 17.9. The quantitative estimate of drug-likeness (QED) is 0.747. The van der Waals surface area contributed by atoms with Crippen LogP contribution >= 0.6 is 11.6 Å². The molecule has 0 spiro atoms. The first-order valence-electron chi connectivity index (χ1n) is 9.75. The number of anilines is 1. The lowest BCUT2D eigenvalue weighted by Crippen LogP contribution is -2.51. The minimum atomic E-state index is -0.394. The Morgan fingerprint density at radius 2 is 1.72 bits per heavy atom. The standard InChI is InChI=1S/C22H28ClN3O3/c1-16(24-19-13-18(23)20(28-2)14-21(19)29-3)22(27)26-11-9-25(10-12-26)15-17-7-5-4-6-8-17/h4-8,13-14,16,24H,9-12,15H2,1-3H3/t16-/m0/s1. The highest BCUT2D eigenvalue weighted by Gasteiger charge is 2.25. The second kappa shape index (κ2) is 9.85. The summed E-state index contributed by atoms with van der Waals surface area (Å²) in [5.41, 5.74) is 1.97. The Bertz CT molecular complexity index is 824. The predicted octanol–water partition coefficient (Wildman–Crippen LogP) is 3.50. The molecule has 0 aromatic heterocycles. The van der Waals surface area contributed by atoms with Crippen molar-refractivity contribution in [1.29, 1.82) is 0 Å². The lowest BCUT2D eigenvalue weighted by molar-refractivity contribution is -0.133. The number of piperazine rings is 1. The van der Waals surface area contributed by atoms with Gasteiger partial charge in [0.2, 0.25) is 5.91 Å². The fraction of sp³-hybridized carbons (Fsp3) is 0.409. The average molecular weight is 418 g/mol. The Morgan fingerprint density at radius 1 is 1.07 bits per heavy atom. The van der Waals surface area contributed by atoms with Crippen molar-refractivity contribution in [2.24, 2.45) is 0 Å². The van der Waals surface area contributed by atoms with Gasteiger partial charge in [-0.1, -0.05) is 41.9 Å². The summed E-state index contributed by atoms with van der Waals surface area (Å²) in [5.74, 6) is 1.18. The van der Waals surface area contributed by atoms with Gasteiger partial charge in [0.25, 0.3) is 0 Å². The summed E-state index contributed by atoms with van der Waals surface area (Å²) in [6, 6.07) is 13.5. The summed E-state index contributed by atoms with van der Waals surface area (Å²) in [6.07, 6.45) is 0. The normalized spacial score (nSPS) is 15.7. The number of hydrogen-bond donors (Lipinski definition) is 1. The molecular weight excluding hydrogens is 390 g/mol. The molecule has 0 saturated carbocycles. The fourth-order valence-corrected chi connectivity index (χ4v) is 3.75. The van der Waals surface area contributed by atoms with Gasteiger partial charge in [-0.15, -0.1) is 0 Å². The van der Waals surface area contributed by atoms with Gasteiger partial charge >= 0.3 is 0 Å². The number of nitrogens with one attached hydrogen (secondary N) is 1. The lowest BCUT2D eigenvalue weighted by atomic mass is 10.2. The Kier molecular flexibility index (Phi) is 7.23. The third-order valence-electron chi connectivity index (χ3n) is 5.15. The van der Waals surface area contributed by atoms with Gasteiger partial charge in [-0.3, -0.25) is 9.69 Å². The molecule has 0 radical (unpaired) electrons. The van der Waals surface area contributed by atoms with Crippen LogP contribution in [0.15, 0.2) is 42.5 Å². The third-order valence-corrected chi connectivity index (χ3v) is 5.44. The molecule has 2 aromatic rings. The molecule has 0 bridgehead atoms. The maximum absolute atomic E-state index is 12.9. The van der Waals surface area contributed by atoms with Crippen molar-refractivity contribution in [3.8, 4) is 11.5 Å². The van der Waals surface area contributed by atoms with Crippen LogP contribution in [-0.2, 0) is 11.3 Å². The highest BCUT2D eigenvalue weighted by atomic mass is 35.5. The SMILES string of the molecule is COc1cc(OC)c(N[C@@H](C)C(=O)N2CCN(Cc3ccccc3)CC2)cc1Cl. The first-order valence-corrected chi connectivity index (χ1v) is 10.1. The van der Waals surface area contributed by atoms with Crippen molar-refractivity contribution in [3.63, 3.8) is 0 Å². The molecule has 7 heteroatoms. The van der Waals surface area contributed by atoms with Crippen molar-refractivity contribution >= 4 is 23.2 Å². The molecular formula is C22H28ClN3O3. The van der Waals surface area contributed by atoms with Crippen molar-refractivity contribution in [1.82, 2.24) is 9.80 Å². The lowest BCUT2D eigenvalue weighted by Gasteiger charge is -2.36. The second-order valence-corrected chi connectivity index (χ2v) is 7.55. The van der Waals surface area contributed by atoms with E-state index in [9.17, 15) is 4.79 Å². The van der Waals surface area contributed by atoms with E-state index in [0.717, 1.165) is 32.7 Å². The minimum Gasteiger partial charge on any atom is -0.495 e. The minimum absolute atomic E-state index is 0.0679. The molecule has 1 fully saturated rings. The van der Waals surface area contributed by atoms with Gasteiger partial charge in [0.1, 0.15) is 17.5 Å². The van der Waals surface area contributed by atoms with E-state index in [1.807, 2.05) is 17.9 Å². The van der Waals surface area contributed by atoms with Gasteiger partial charge in [-0.25, -0.2) is 0 Å². The van der Waals surface area contributed by atoms with Crippen LogP contribution in [0.2, 0.25) is 5.02 Å². The molecule has 29 heavy (non-hydrogen) atoms. The maximum Gasteiger partial charge on any atom is 0.244 e. The molecule has 1 amide bonds. The number of nitrogens with zero attached hydrogens (tertiary/aromatic N) is 2. The summed E-state index contributed by atoms with van der Waals surface area (Å²) in [5, 5.41) is 3.69. The van der Waals surface area contributed by atoms with Gasteiger partial charge < -0.3 is 19.7 Å². The number of halogens is 1. The molecule has 1 heterocycles. The van der Waals surface area contributed by atoms with Crippen molar-refractivity contribution in [3.05, 3.63) is 53.1 Å². The van der Waals surface area contributed by atoms with Crippen molar-refractivity contribution in [2.45, 2.75) is 19.5 Å². The molecule has 1 N–H and O–H groups in total. The van der Waals surface area contributed by atoms with Crippen LogP contribution in [0.3, 0.4) is 0 Å². The Balaban J connectivity index is 1.56. The smallest absolute Gasteiger partial charge is 0.244 e. The van der Waals surface area contributed by atoms with Gasteiger partial charge in [0.15, 0.2) is 0 Å². The van der Waals surface area contributed by atoms with Crippen LogP contribution < -0.4 is 14.8 Å². The van der Waals surface area contributed by atoms with E-state index in [4.69, 9.17) is 21.1 Å². The number of methoxy groups -OCH3 is 2. The molecule has 156 valence electrons. The van der Waals surface area contributed by atoms with Crippen LogP contribution in [0, 0.1) is 0 Å². The number of benzene rings is 2. The molecule has 1 aliphatic heterocycles. The van der Waals surface area contributed by atoms with E-state index in [1.54, 1.807) is 26.4 Å². The molecule has 6 nitrogen and oxygen atoms in total. The van der Waals surface area contributed by atoms with Crippen LogP contribution in [0.5, 0.6) is 11.5 Å². The van der Waals surface area contributed by atoms with Gasteiger partial charge in [-0.05, 0) is 18.6 Å². The van der Waals surface area contributed by atoms with Crippen LogP contribution in [0.4, 0.5) is 5.69 Å². The molecule has 1 aliphatic rings. The van der Waals surface area contributed by atoms with E-state index in [1.165, 1.54) is 5.56 Å². The average Bonchev–Trinajstić information content (AvgIpc) is 2.74. The topological polar surface area (TPSA) is 54.0 Å². The highest BCUT2D eigenvalue weighted by molar-refractivity contribution is 6.32. The zero-order valence-electron chi connectivity index (χ0n) is 17.2. The molecule has 2 aromatic carbocycles. The first kappa shape index (κ1) is 21.3. The monoisotopic (exact) mass is 417 g/mol. The van der Waals surface area contributed by atoms with E-state index in [0.29, 0.717) is 22.2 Å². The largest absolute Gasteiger partial charge is 0.495 e. The third kappa shape index (κ3) is 5.34. The van der Waals surface area contributed by atoms with Gasteiger partial charge in [-0.2, -0.15) is 0 Å². The van der Waals surface area contributed by atoms with E-state index >= 15 is 0 Å². The van der Waals surface area contributed by atoms with Crippen LogP contribution in [0.25, 0.3) is 0 Å². The van der Waals surface area contributed by atoms with E-state index in [-0.39, 0.29) is 5.91 Å². The summed E-state index contributed by atoms with van der Waals surface area (Å²) >= 11 is 6.23. The molecule has 0 aliphatic carbocycles.